The Morgan fingerprint density at radius 2 is 2.50 bits per heavy atom. The molecule has 0 bridgehead atoms. The van der Waals surface area contributed by atoms with Crippen LogP contribution in [0.25, 0.3) is 5.65 Å². The normalized spacial score (nSPS) is 18.6. The largest absolute Gasteiger partial charge is 0.376 e. The molecule has 5 heteroatoms. The number of aromatic nitrogens is 2. The van der Waals surface area contributed by atoms with E-state index in [1.807, 2.05) is 35.9 Å². The SMILES string of the molecule is Cc1ccn2cc(CC(=O)NCC3CCCO3)nc2c1. The molecular formula is C15H19N3O2. The molecule has 1 saturated heterocycles. The molecular weight excluding hydrogens is 254 g/mol. The van der Waals surface area contributed by atoms with Gasteiger partial charge in [0, 0.05) is 25.5 Å². The average Bonchev–Trinajstić information content (AvgIpc) is 3.04. The highest BCUT2D eigenvalue weighted by atomic mass is 16.5. The van der Waals surface area contributed by atoms with Crippen LogP contribution in [0.3, 0.4) is 0 Å². The summed E-state index contributed by atoms with van der Waals surface area (Å²) in [5.41, 5.74) is 2.84. The van der Waals surface area contributed by atoms with Gasteiger partial charge in [-0.05, 0) is 37.5 Å². The fourth-order valence-electron chi connectivity index (χ4n) is 2.48. The number of nitrogens with one attached hydrogen (secondary N) is 1. The molecule has 0 aliphatic carbocycles. The van der Waals surface area contributed by atoms with Crippen molar-refractivity contribution in [3.63, 3.8) is 0 Å². The summed E-state index contributed by atoms with van der Waals surface area (Å²) in [6, 6.07) is 4.03. The van der Waals surface area contributed by atoms with Crippen molar-refractivity contribution in [1.82, 2.24) is 14.7 Å². The molecule has 1 aliphatic rings. The number of nitrogens with zero attached hydrogens (tertiary/aromatic N) is 2. The third-order valence-corrected chi connectivity index (χ3v) is 3.56. The number of imidazole rings is 1. The Morgan fingerprint density at radius 3 is 3.30 bits per heavy atom. The van der Waals surface area contributed by atoms with Gasteiger partial charge in [0.15, 0.2) is 0 Å². The van der Waals surface area contributed by atoms with Crippen LogP contribution in [-0.2, 0) is 16.0 Å². The first-order valence-electron chi connectivity index (χ1n) is 7.03. The van der Waals surface area contributed by atoms with Crippen molar-refractivity contribution in [2.24, 2.45) is 0 Å². The van der Waals surface area contributed by atoms with Crippen LogP contribution in [0.5, 0.6) is 0 Å². The Morgan fingerprint density at radius 1 is 1.60 bits per heavy atom. The van der Waals surface area contributed by atoms with Crippen LogP contribution >= 0.6 is 0 Å². The molecule has 0 saturated carbocycles. The molecule has 106 valence electrons. The van der Waals surface area contributed by atoms with E-state index in [1.54, 1.807) is 0 Å². The van der Waals surface area contributed by atoms with E-state index in [9.17, 15) is 4.79 Å². The van der Waals surface area contributed by atoms with Crippen molar-refractivity contribution in [2.75, 3.05) is 13.2 Å². The van der Waals surface area contributed by atoms with Crippen molar-refractivity contribution < 1.29 is 9.53 Å². The molecule has 1 N–H and O–H groups in total. The number of carbonyl (C=O) groups excluding carboxylic acids is 1. The van der Waals surface area contributed by atoms with Gasteiger partial charge in [0.05, 0.1) is 18.2 Å². The maximum atomic E-state index is 11.9. The van der Waals surface area contributed by atoms with Crippen LogP contribution in [0.4, 0.5) is 0 Å². The Kier molecular flexibility index (Phi) is 3.69. The first kappa shape index (κ1) is 13.1. The first-order chi connectivity index (χ1) is 9.70. The van der Waals surface area contributed by atoms with E-state index in [2.05, 4.69) is 10.3 Å². The Labute approximate surface area is 118 Å². The number of hydrogen-bond donors (Lipinski definition) is 1. The van der Waals surface area contributed by atoms with Gasteiger partial charge in [-0.15, -0.1) is 0 Å². The van der Waals surface area contributed by atoms with Gasteiger partial charge in [0.25, 0.3) is 0 Å². The third kappa shape index (κ3) is 2.99. The fourth-order valence-corrected chi connectivity index (χ4v) is 2.48. The van der Waals surface area contributed by atoms with Gasteiger partial charge in [-0.3, -0.25) is 4.79 Å². The number of aryl methyl sites for hydroxylation is 1. The molecule has 1 unspecified atom stereocenters. The smallest absolute Gasteiger partial charge is 0.226 e. The number of fused-ring (bicyclic) bond motifs is 1. The lowest BCUT2D eigenvalue weighted by Crippen LogP contribution is -2.32. The second-order valence-corrected chi connectivity index (χ2v) is 5.32. The number of hydrogen-bond acceptors (Lipinski definition) is 3. The van der Waals surface area contributed by atoms with Crippen LogP contribution in [0.1, 0.15) is 24.1 Å². The number of ether oxygens (including phenoxy) is 1. The highest BCUT2D eigenvalue weighted by Gasteiger charge is 2.16. The predicted molar refractivity (Wildman–Crippen MR) is 75.6 cm³/mol. The van der Waals surface area contributed by atoms with Crippen LogP contribution in [0.15, 0.2) is 24.5 Å². The van der Waals surface area contributed by atoms with Crippen molar-refractivity contribution in [2.45, 2.75) is 32.3 Å². The van der Waals surface area contributed by atoms with Crippen LogP contribution in [0, 0.1) is 6.92 Å². The zero-order valence-corrected chi connectivity index (χ0v) is 11.6. The van der Waals surface area contributed by atoms with Crippen LogP contribution in [-0.4, -0.2) is 34.5 Å². The van der Waals surface area contributed by atoms with Gasteiger partial charge >= 0.3 is 0 Å². The molecule has 2 aromatic rings. The molecule has 3 heterocycles. The molecule has 1 aliphatic heterocycles. The quantitative estimate of drug-likeness (QED) is 0.918. The molecule has 0 aromatic carbocycles. The van der Waals surface area contributed by atoms with Crippen molar-refractivity contribution >= 4 is 11.6 Å². The number of rotatable bonds is 4. The molecule has 0 spiro atoms. The lowest BCUT2D eigenvalue weighted by molar-refractivity contribution is -0.121. The molecule has 20 heavy (non-hydrogen) atoms. The van der Waals surface area contributed by atoms with E-state index < -0.39 is 0 Å². The van der Waals surface area contributed by atoms with Crippen molar-refractivity contribution in [1.29, 1.82) is 0 Å². The lowest BCUT2D eigenvalue weighted by Gasteiger charge is -2.09. The summed E-state index contributed by atoms with van der Waals surface area (Å²) in [7, 11) is 0. The maximum absolute atomic E-state index is 11.9. The summed E-state index contributed by atoms with van der Waals surface area (Å²) in [5.74, 6) is 0.000582. The minimum Gasteiger partial charge on any atom is -0.376 e. The van der Waals surface area contributed by atoms with E-state index >= 15 is 0 Å². The van der Waals surface area contributed by atoms with Gasteiger partial charge in [-0.2, -0.15) is 0 Å². The highest BCUT2D eigenvalue weighted by molar-refractivity contribution is 5.78. The van der Waals surface area contributed by atoms with Gasteiger partial charge in [0.2, 0.25) is 5.91 Å². The molecule has 0 radical (unpaired) electrons. The monoisotopic (exact) mass is 273 g/mol. The number of carbonyl (C=O) groups is 1. The second kappa shape index (κ2) is 5.63. The third-order valence-electron chi connectivity index (χ3n) is 3.56. The van der Waals surface area contributed by atoms with Gasteiger partial charge in [-0.1, -0.05) is 0 Å². The Balaban J connectivity index is 1.59. The zero-order chi connectivity index (χ0) is 13.9. The first-order valence-corrected chi connectivity index (χ1v) is 7.03. The minimum absolute atomic E-state index is 0.000582. The average molecular weight is 273 g/mol. The molecule has 1 amide bonds. The second-order valence-electron chi connectivity index (χ2n) is 5.32. The summed E-state index contributed by atoms with van der Waals surface area (Å²) in [6.45, 7) is 3.44. The van der Waals surface area contributed by atoms with E-state index in [1.165, 1.54) is 0 Å². The van der Waals surface area contributed by atoms with Crippen molar-refractivity contribution in [3.05, 3.63) is 35.8 Å². The number of amides is 1. The van der Waals surface area contributed by atoms with Gasteiger partial charge in [0.1, 0.15) is 5.65 Å². The lowest BCUT2D eigenvalue weighted by atomic mass is 10.2. The highest BCUT2D eigenvalue weighted by Crippen LogP contribution is 2.11. The topological polar surface area (TPSA) is 55.6 Å². The number of pyridine rings is 1. The van der Waals surface area contributed by atoms with E-state index in [0.29, 0.717) is 13.0 Å². The summed E-state index contributed by atoms with van der Waals surface area (Å²) >= 11 is 0. The maximum Gasteiger partial charge on any atom is 0.226 e. The molecule has 5 nitrogen and oxygen atoms in total. The van der Waals surface area contributed by atoms with Gasteiger partial charge in [-0.25, -0.2) is 4.98 Å². The summed E-state index contributed by atoms with van der Waals surface area (Å²) in [6.07, 6.45) is 6.49. The van der Waals surface area contributed by atoms with Gasteiger partial charge < -0.3 is 14.5 Å². The van der Waals surface area contributed by atoms with E-state index in [0.717, 1.165) is 36.4 Å². The Bertz CT molecular complexity index is 615. The summed E-state index contributed by atoms with van der Waals surface area (Å²) < 4.78 is 7.42. The van der Waals surface area contributed by atoms with Crippen LogP contribution < -0.4 is 5.32 Å². The zero-order valence-electron chi connectivity index (χ0n) is 11.6. The molecule has 1 atom stereocenters. The minimum atomic E-state index is 0.000582. The predicted octanol–water partition coefficient (Wildman–Crippen LogP) is 1.48. The van der Waals surface area contributed by atoms with E-state index in [-0.39, 0.29) is 12.0 Å². The summed E-state index contributed by atoms with van der Waals surface area (Å²) in [5, 5.41) is 2.92. The molecule has 1 fully saturated rings. The Hall–Kier alpha value is -1.88. The molecule has 2 aromatic heterocycles. The van der Waals surface area contributed by atoms with Crippen molar-refractivity contribution in [3.8, 4) is 0 Å². The summed E-state index contributed by atoms with van der Waals surface area (Å²) in [4.78, 5) is 16.4. The molecule has 3 rings (SSSR count). The van der Waals surface area contributed by atoms with Crippen LogP contribution in [0.2, 0.25) is 0 Å². The van der Waals surface area contributed by atoms with E-state index in [4.69, 9.17) is 4.74 Å². The standard InChI is InChI=1S/C15H19N3O2/c1-11-4-5-18-10-12(17-14(18)7-11)8-15(19)16-9-13-3-2-6-20-13/h4-5,7,10,13H,2-3,6,8-9H2,1H3,(H,16,19). The fraction of sp³-hybridized carbons (Fsp3) is 0.467.